The van der Waals surface area contributed by atoms with E-state index in [-0.39, 0.29) is 99.7 Å². The standard InChI is InChI=1S/C8H12N3O2.La.Rb/c1-11-7(13)10-6(12)8(11)2-4-9-5-3-8;;/h2-5H2,1H3,(H,10,12,13);;/q-1;;+1/p-1. The Morgan fingerprint density at radius 3 is 2.20 bits per heavy atom. The first-order valence-electron chi connectivity index (χ1n) is 4.34. The Bertz CT molecular complexity index is 269. The Kier molecular flexibility index (Phi) is 7.58. The Morgan fingerprint density at radius 2 is 1.80 bits per heavy atom. The molecule has 2 saturated heterocycles. The molecule has 0 N–H and O–H groups in total. The molecule has 0 atom stereocenters. The van der Waals surface area contributed by atoms with E-state index < -0.39 is 11.6 Å². The van der Waals surface area contributed by atoms with Crippen LogP contribution >= 0.6 is 0 Å². The summed E-state index contributed by atoms with van der Waals surface area (Å²) in [5, 5.41) is 7.61. The second kappa shape index (κ2) is 6.73. The third kappa shape index (κ3) is 3.02. The molecule has 0 aromatic carbocycles. The molecule has 7 heteroatoms. The van der Waals surface area contributed by atoms with E-state index >= 15 is 0 Å². The maximum absolute atomic E-state index is 11.5. The van der Waals surface area contributed by atoms with Crippen molar-refractivity contribution in [3.05, 3.63) is 10.6 Å². The fraction of sp³-hybridized carbons (Fsp3) is 0.750. The van der Waals surface area contributed by atoms with E-state index in [1.54, 1.807) is 7.05 Å². The van der Waals surface area contributed by atoms with Gasteiger partial charge in [0.1, 0.15) is 0 Å². The number of hydrogen-bond acceptors (Lipinski definition) is 2. The van der Waals surface area contributed by atoms with Crippen LogP contribution in [0, 0.1) is 35.6 Å². The summed E-state index contributed by atoms with van der Waals surface area (Å²) < 4.78 is 0. The van der Waals surface area contributed by atoms with E-state index in [1.807, 2.05) is 0 Å². The Morgan fingerprint density at radius 1 is 1.27 bits per heavy atom. The fourth-order valence-corrected chi connectivity index (χ4v) is 1.91. The average Bonchev–Trinajstić information content (AvgIpc) is 2.34. The van der Waals surface area contributed by atoms with Crippen LogP contribution in [0.4, 0.5) is 4.79 Å². The minimum Gasteiger partial charge on any atom is -0.662 e. The topological polar surface area (TPSA) is 65.6 Å². The van der Waals surface area contributed by atoms with Crippen LogP contribution in [0.1, 0.15) is 12.8 Å². The van der Waals surface area contributed by atoms with Gasteiger partial charge in [-0.1, -0.05) is 19.9 Å². The molecule has 0 saturated carbocycles. The van der Waals surface area contributed by atoms with Gasteiger partial charge in [-0.05, 0) is 0 Å². The number of nitrogens with zero attached hydrogens (tertiary/aromatic N) is 3. The van der Waals surface area contributed by atoms with Crippen LogP contribution in [0.2, 0.25) is 0 Å². The zero-order valence-electron chi connectivity index (χ0n) is 9.06. The van der Waals surface area contributed by atoms with Gasteiger partial charge in [-0.3, -0.25) is 9.59 Å². The molecule has 1 spiro atoms. The van der Waals surface area contributed by atoms with Crippen molar-refractivity contribution in [1.29, 1.82) is 0 Å². The van der Waals surface area contributed by atoms with Gasteiger partial charge < -0.3 is 15.5 Å². The van der Waals surface area contributed by atoms with E-state index in [0.717, 1.165) is 0 Å². The SMILES string of the molecule is CN1C(=O)[N-]C(=O)C12CC[N-]CC2.[La].[Rb+]. The Balaban J connectivity index is 0.000000980. The molecule has 2 rings (SSSR count). The molecule has 0 aromatic heterocycles. The van der Waals surface area contributed by atoms with E-state index in [9.17, 15) is 9.59 Å². The van der Waals surface area contributed by atoms with Crippen molar-refractivity contribution in [3.8, 4) is 0 Å². The van der Waals surface area contributed by atoms with Gasteiger partial charge in [0.15, 0.2) is 11.9 Å². The first-order valence-corrected chi connectivity index (χ1v) is 4.34. The zero-order chi connectivity index (χ0) is 9.47. The summed E-state index contributed by atoms with van der Waals surface area (Å²) >= 11 is 0. The normalized spacial score (nSPS) is 23.1. The van der Waals surface area contributed by atoms with Crippen LogP contribution < -0.4 is 58.2 Å². The molecule has 0 bridgehead atoms. The predicted molar refractivity (Wildman–Crippen MR) is 46.6 cm³/mol. The molecule has 15 heavy (non-hydrogen) atoms. The van der Waals surface area contributed by atoms with Crippen LogP contribution in [-0.4, -0.2) is 42.5 Å². The molecular formula is C8H11LaN3O2Rb-. The summed E-state index contributed by atoms with van der Waals surface area (Å²) in [5.41, 5.74) is -0.654. The van der Waals surface area contributed by atoms with E-state index in [2.05, 4.69) is 10.6 Å². The third-order valence-corrected chi connectivity index (χ3v) is 2.89. The summed E-state index contributed by atoms with van der Waals surface area (Å²) in [6, 6.07) is -0.410. The Hall–Kier alpha value is 1.90. The molecule has 0 unspecified atom stereocenters. The Labute approximate surface area is 166 Å². The van der Waals surface area contributed by atoms with Crippen molar-refractivity contribution < 1.29 is 103 Å². The third-order valence-electron chi connectivity index (χ3n) is 2.89. The minimum absolute atomic E-state index is 0. The number of hydrogen-bond donors (Lipinski definition) is 0. The maximum Gasteiger partial charge on any atom is 1.00 e. The zero-order valence-corrected chi connectivity index (χ0v) is 17.6. The molecule has 2 aliphatic rings. The van der Waals surface area contributed by atoms with Crippen LogP contribution in [0.25, 0.3) is 10.6 Å². The van der Waals surface area contributed by atoms with E-state index in [0.29, 0.717) is 25.9 Å². The summed E-state index contributed by atoms with van der Waals surface area (Å²) in [6.45, 7) is 1.30. The quantitative estimate of drug-likeness (QED) is 0.432. The van der Waals surface area contributed by atoms with Crippen molar-refractivity contribution >= 4 is 11.9 Å². The van der Waals surface area contributed by atoms with Crippen LogP contribution in [0.3, 0.4) is 0 Å². The molecular weight excluding hydrogens is 394 g/mol. The minimum atomic E-state index is -0.654. The molecule has 0 aromatic rings. The van der Waals surface area contributed by atoms with Gasteiger partial charge in [0.2, 0.25) is 0 Å². The summed E-state index contributed by atoms with van der Waals surface area (Å²) in [5.74, 6) is -0.282. The second-order valence-corrected chi connectivity index (χ2v) is 3.46. The van der Waals surface area contributed by atoms with Gasteiger partial charge in [0, 0.05) is 41.1 Å². The number of amides is 3. The van der Waals surface area contributed by atoms with Crippen molar-refractivity contribution in [2.24, 2.45) is 0 Å². The summed E-state index contributed by atoms with van der Waals surface area (Å²) in [4.78, 5) is 24.1. The van der Waals surface area contributed by atoms with Crippen molar-refractivity contribution in [3.63, 3.8) is 0 Å². The first kappa shape index (κ1) is 16.9. The van der Waals surface area contributed by atoms with Gasteiger partial charge in [-0.2, -0.15) is 0 Å². The molecule has 3 amide bonds. The van der Waals surface area contributed by atoms with Crippen LogP contribution in [-0.2, 0) is 4.79 Å². The summed E-state index contributed by atoms with van der Waals surface area (Å²) in [7, 11) is 1.64. The van der Waals surface area contributed by atoms with Crippen molar-refractivity contribution in [1.82, 2.24) is 4.90 Å². The number of piperidine rings is 1. The van der Waals surface area contributed by atoms with Gasteiger partial charge in [0.25, 0.3) is 0 Å². The maximum atomic E-state index is 11.5. The smallest absolute Gasteiger partial charge is 0.662 e. The second-order valence-electron chi connectivity index (χ2n) is 3.46. The van der Waals surface area contributed by atoms with E-state index in [4.69, 9.17) is 0 Å². The first-order chi connectivity index (χ1) is 6.17. The van der Waals surface area contributed by atoms with Crippen LogP contribution in [0.5, 0.6) is 0 Å². The number of likely N-dealkylation sites (N-methyl/N-ethyl adjacent to an activating group) is 1. The van der Waals surface area contributed by atoms with Crippen molar-refractivity contribution in [2.75, 3.05) is 20.1 Å². The molecule has 2 fully saturated rings. The van der Waals surface area contributed by atoms with Gasteiger partial charge in [-0.15, -0.1) is 13.1 Å². The molecule has 2 aliphatic heterocycles. The fourth-order valence-electron chi connectivity index (χ4n) is 1.91. The largest absolute Gasteiger partial charge is 1.00 e. The molecule has 0 aliphatic carbocycles. The molecule has 5 nitrogen and oxygen atoms in total. The number of carbonyl (C=O) groups excluding carboxylic acids is 2. The molecule has 75 valence electrons. The number of carbonyl (C=O) groups is 2. The summed E-state index contributed by atoms with van der Waals surface area (Å²) in [6.07, 6.45) is 1.25. The predicted octanol–water partition coefficient (Wildman–Crippen LogP) is -2.14. The van der Waals surface area contributed by atoms with Gasteiger partial charge in [0.05, 0.1) is 0 Å². The number of rotatable bonds is 0. The number of imide groups is 1. The monoisotopic (exact) mass is 405 g/mol. The molecule has 2 heterocycles. The average molecular weight is 406 g/mol. The van der Waals surface area contributed by atoms with Gasteiger partial charge in [-0.25, -0.2) is 0 Å². The molecule has 1 radical (unpaired) electrons. The number of urea groups is 1. The van der Waals surface area contributed by atoms with Crippen LogP contribution in [0.15, 0.2) is 0 Å². The van der Waals surface area contributed by atoms with Gasteiger partial charge >= 0.3 is 58.2 Å². The van der Waals surface area contributed by atoms with Crippen molar-refractivity contribution in [2.45, 2.75) is 18.4 Å². The van der Waals surface area contributed by atoms with E-state index in [1.165, 1.54) is 4.90 Å².